The SMILES string of the molecule is CC(COc1ccc(F)c(F)c1)CS(N)(=O)=O. The van der Waals surface area contributed by atoms with Crippen molar-refractivity contribution < 1.29 is 21.9 Å². The number of halogens is 2. The summed E-state index contributed by atoms with van der Waals surface area (Å²) in [5.41, 5.74) is 0. The van der Waals surface area contributed by atoms with Gasteiger partial charge in [-0.25, -0.2) is 22.3 Å². The lowest BCUT2D eigenvalue weighted by Crippen LogP contribution is -2.25. The van der Waals surface area contributed by atoms with Gasteiger partial charge in [0.25, 0.3) is 0 Å². The fraction of sp³-hybridized carbons (Fsp3) is 0.400. The van der Waals surface area contributed by atoms with E-state index in [4.69, 9.17) is 9.88 Å². The predicted octanol–water partition coefficient (Wildman–Crippen LogP) is 1.27. The predicted molar refractivity (Wildman–Crippen MR) is 59.0 cm³/mol. The van der Waals surface area contributed by atoms with Crippen LogP contribution in [0.4, 0.5) is 8.78 Å². The molecule has 0 bridgehead atoms. The molecule has 0 radical (unpaired) electrons. The summed E-state index contributed by atoms with van der Waals surface area (Å²) in [6.45, 7) is 1.69. The number of benzene rings is 1. The Hall–Kier alpha value is -1.21. The molecule has 0 heterocycles. The molecule has 4 nitrogen and oxygen atoms in total. The van der Waals surface area contributed by atoms with Gasteiger partial charge in [0.15, 0.2) is 11.6 Å². The molecule has 1 aromatic rings. The van der Waals surface area contributed by atoms with Gasteiger partial charge in [0.1, 0.15) is 5.75 Å². The molecular weight excluding hydrogens is 252 g/mol. The first kappa shape index (κ1) is 13.9. The molecule has 1 aromatic carbocycles. The van der Waals surface area contributed by atoms with Gasteiger partial charge in [-0.3, -0.25) is 0 Å². The topological polar surface area (TPSA) is 69.4 Å². The van der Waals surface area contributed by atoms with Crippen molar-refractivity contribution in [3.63, 3.8) is 0 Å². The number of ether oxygens (including phenoxy) is 1. The highest BCUT2D eigenvalue weighted by atomic mass is 32.2. The molecule has 0 aliphatic carbocycles. The number of sulfonamides is 1. The summed E-state index contributed by atoms with van der Waals surface area (Å²) >= 11 is 0. The van der Waals surface area contributed by atoms with Gasteiger partial charge in [0.05, 0.1) is 12.4 Å². The molecule has 17 heavy (non-hydrogen) atoms. The van der Waals surface area contributed by atoms with Crippen LogP contribution in [0.3, 0.4) is 0 Å². The van der Waals surface area contributed by atoms with Crippen molar-refractivity contribution in [3.8, 4) is 5.75 Å². The maximum absolute atomic E-state index is 12.8. The fourth-order valence-electron chi connectivity index (χ4n) is 1.25. The van der Waals surface area contributed by atoms with Crippen LogP contribution in [0.15, 0.2) is 18.2 Å². The zero-order valence-electron chi connectivity index (χ0n) is 9.19. The molecular formula is C10H13F2NO3S. The van der Waals surface area contributed by atoms with Gasteiger partial charge in [-0.15, -0.1) is 0 Å². The van der Waals surface area contributed by atoms with Gasteiger partial charge in [-0.2, -0.15) is 0 Å². The van der Waals surface area contributed by atoms with E-state index in [1.807, 2.05) is 0 Å². The molecule has 0 fully saturated rings. The van der Waals surface area contributed by atoms with Gasteiger partial charge in [-0.1, -0.05) is 6.92 Å². The maximum atomic E-state index is 12.8. The standard InChI is InChI=1S/C10H13F2NO3S/c1-7(6-17(13,14)15)5-16-8-2-3-9(11)10(12)4-8/h2-4,7H,5-6H2,1H3,(H2,13,14,15). The van der Waals surface area contributed by atoms with Crippen molar-refractivity contribution in [2.75, 3.05) is 12.4 Å². The number of hydrogen-bond donors (Lipinski definition) is 1. The molecule has 0 saturated carbocycles. The van der Waals surface area contributed by atoms with E-state index in [1.54, 1.807) is 6.92 Å². The van der Waals surface area contributed by atoms with E-state index in [0.29, 0.717) is 0 Å². The summed E-state index contributed by atoms with van der Waals surface area (Å²) in [4.78, 5) is 0. The van der Waals surface area contributed by atoms with Crippen molar-refractivity contribution in [3.05, 3.63) is 29.8 Å². The van der Waals surface area contributed by atoms with Crippen LogP contribution in [0.1, 0.15) is 6.92 Å². The first-order valence-electron chi connectivity index (χ1n) is 4.86. The number of primary sulfonamides is 1. The van der Waals surface area contributed by atoms with Crippen LogP contribution in [0, 0.1) is 17.6 Å². The summed E-state index contributed by atoms with van der Waals surface area (Å²) in [5.74, 6) is -2.39. The molecule has 1 rings (SSSR count). The van der Waals surface area contributed by atoms with E-state index in [0.717, 1.165) is 12.1 Å². The van der Waals surface area contributed by atoms with Crippen molar-refractivity contribution in [1.29, 1.82) is 0 Å². The average molecular weight is 265 g/mol. The molecule has 96 valence electrons. The normalized spacial score (nSPS) is 13.4. The highest BCUT2D eigenvalue weighted by Gasteiger charge is 2.12. The van der Waals surface area contributed by atoms with E-state index < -0.39 is 21.7 Å². The van der Waals surface area contributed by atoms with E-state index >= 15 is 0 Å². The van der Waals surface area contributed by atoms with Crippen LogP contribution >= 0.6 is 0 Å². The second-order valence-electron chi connectivity index (χ2n) is 3.82. The monoisotopic (exact) mass is 265 g/mol. The van der Waals surface area contributed by atoms with E-state index in [9.17, 15) is 17.2 Å². The second-order valence-corrected chi connectivity index (χ2v) is 5.48. The Morgan fingerprint density at radius 3 is 2.53 bits per heavy atom. The molecule has 1 unspecified atom stereocenters. The molecule has 7 heteroatoms. The van der Waals surface area contributed by atoms with Crippen molar-refractivity contribution in [1.82, 2.24) is 0 Å². The largest absolute Gasteiger partial charge is 0.493 e. The Labute approximate surface area is 98.4 Å². The first-order valence-corrected chi connectivity index (χ1v) is 6.58. The van der Waals surface area contributed by atoms with E-state index in [2.05, 4.69) is 0 Å². The van der Waals surface area contributed by atoms with Gasteiger partial charge in [0.2, 0.25) is 10.0 Å². The summed E-state index contributed by atoms with van der Waals surface area (Å²) in [6.07, 6.45) is 0. The Balaban J connectivity index is 2.53. The second kappa shape index (κ2) is 5.42. The molecule has 0 spiro atoms. The minimum Gasteiger partial charge on any atom is -0.493 e. The minimum absolute atomic E-state index is 0.0570. The molecule has 0 amide bonds. The van der Waals surface area contributed by atoms with Crippen LogP contribution in [0.2, 0.25) is 0 Å². The van der Waals surface area contributed by atoms with E-state index in [1.165, 1.54) is 6.07 Å². The number of rotatable bonds is 5. The Morgan fingerprint density at radius 1 is 1.35 bits per heavy atom. The highest BCUT2D eigenvalue weighted by Crippen LogP contribution is 2.16. The van der Waals surface area contributed by atoms with Crippen LogP contribution < -0.4 is 9.88 Å². The number of nitrogens with two attached hydrogens (primary N) is 1. The zero-order valence-corrected chi connectivity index (χ0v) is 10.0. The molecule has 0 aliphatic heterocycles. The third-order valence-electron chi connectivity index (χ3n) is 1.94. The molecule has 0 aromatic heterocycles. The molecule has 2 N–H and O–H groups in total. The van der Waals surface area contributed by atoms with Gasteiger partial charge >= 0.3 is 0 Å². The maximum Gasteiger partial charge on any atom is 0.209 e. The third kappa shape index (κ3) is 5.10. The van der Waals surface area contributed by atoms with Gasteiger partial charge in [0, 0.05) is 12.0 Å². The summed E-state index contributed by atoms with van der Waals surface area (Å²) < 4.78 is 52.0. The quantitative estimate of drug-likeness (QED) is 0.871. The lowest BCUT2D eigenvalue weighted by Gasteiger charge is -2.11. The van der Waals surface area contributed by atoms with Gasteiger partial charge < -0.3 is 4.74 Å². The fourth-order valence-corrected chi connectivity index (χ4v) is 2.14. The summed E-state index contributed by atoms with van der Waals surface area (Å²) in [5, 5.41) is 4.86. The Bertz CT molecular complexity index is 490. The lowest BCUT2D eigenvalue weighted by atomic mass is 10.2. The molecule has 0 aliphatic rings. The van der Waals surface area contributed by atoms with Gasteiger partial charge in [-0.05, 0) is 12.1 Å². The Morgan fingerprint density at radius 2 is 2.00 bits per heavy atom. The molecule has 0 saturated heterocycles. The highest BCUT2D eigenvalue weighted by molar-refractivity contribution is 7.89. The minimum atomic E-state index is -3.56. The summed E-state index contributed by atoms with van der Waals surface area (Å²) in [6, 6.07) is 3.11. The van der Waals surface area contributed by atoms with E-state index in [-0.39, 0.29) is 24.0 Å². The smallest absolute Gasteiger partial charge is 0.209 e. The van der Waals surface area contributed by atoms with Crippen LogP contribution in [0.5, 0.6) is 5.75 Å². The molecule has 1 atom stereocenters. The van der Waals surface area contributed by atoms with Crippen molar-refractivity contribution in [2.45, 2.75) is 6.92 Å². The summed E-state index contributed by atoms with van der Waals surface area (Å²) in [7, 11) is -3.56. The lowest BCUT2D eigenvalue weighted by molar-refractivity contribution is 0.270. The Kier molecular flexibility index (Phi) is 4.41. The number of hydrogen-bond acceptors (Lipinski definition) is 3. The van der Waals surface area contributed by atoms with Crippen molar-refractivity contribution in [2.24, 2.45) is 11.1 Å². The van der Waals surface area contributed by atoms with Crippen molar-refractivity contribution >= 4 is 10.0 Å². The van der Waals surface area contributed by atoms with Crippen LogP contribution in [-0.2, 0) is 10.0 Å². The first-order chi connectivity index (χ1) is 7.78. The third-order valence-corrected chi connectivity index (χ3v) is 2.98. The van der Waals surface area contributed by atoms with Crippen LogP contribution in [0.25, 0.3) is 0 Å². The zero-order chi connectivity index (χ0) is 13.1. The van der Waals surface area contributed by atoms with Crippen LogP contribution in [-0.4, -0.2) is 20.8 Å². The average Bonchev–Trinajstić information content (AvgIpc) is 2.17.